The molecule has 8 heteroatoms. The van der Waals surface area contributed by atoms with Crippen molar-refractivity contribution in [2.45, 2.75) is 12.8 Å². The van der Waals surface area contributed by atoms with E-state index in [1.54, 1.807) is 18.0 Å². The van der Waals surface area contributed by atoms with E-state index < -0.39 is 0 Å². The van der Waals surface area contributed by atoms with Gasteiger partial charge in [-0.3, -0.25) is 4.79 Å². The van der Waals surface area contributed by atoms with E-state index in [9.17, 15) is 4.79 Å². The molecule has 1 unspecified atom stereocenters. The minimum absolute atomic E-state index is 0.0216. The maximum absolute atomic E-state index is 12.7. The highest BCUT2D eigenvalue weighted by Crippen LogP contribution is 2.24. The van der Waals surface area contributed by atoms with Crippen molar-refractivity contribution in [1.29, 1.82) is 0 Å². The van der Waals surface area contributed by atoms with Crippen molar-refractivity contribution in [2.75, 3.05) is 30.4 Å². The molecule has 2 aromatic heterocycles. The summed E-state index contributed by atoms with van der Waals surface area (Å²) in [7, 11) is 1.61. The number of hydrogen-bond acceptors (Lipinski definition) is 6. The number of aromatic nitrogens is 4. The SMILES string of the molecule is COc1cccc(NC(=O)C2CCCN(c3ccc4nncn4n3)C2)c1. The Morgan fingerprint density at radius 3 is 3.12 bits per heavy atom. The molecule has 1 aliphatic rings. The zero-order valence-electron chi connectivity index (χ0n) is 14.5. The van der Waals surface area contributed by atoms with Crippen molar-refractivity contribution >= 4 is 23.1 Å². The number of hydrogen-bond donors (Lipinski definition) is 1. The van der Waals surface area contributed by atoms with E-state index in [0.717, 1.165) is 36.6 Å². The van der Waals surface area contributed by atoms with Crippen molar-refractivity contribution < 1.29 is 9.53 Å². The van der Waals surface area contributed by atoms with Crippen LogP contribution in [-0.2, 0) is 4.79 Å². The lowest BCUT2D eigenvalue weighted by molar-refractivity contribution is -0.120. The van der Waals surface area contributed by atoms with Gasteiger partial charge in [-0.05, 0) is 37.1 Å². The van der Waals surface area contributed by atoms with Gasteiger partial charge in [-0.15, -0.1) is 15.3 Å². The quantitative estimate of drug-likeness (QED) is 0.773. The zero-order valence-corrected chi connectivity index (χ0v) is 14.5. The summed E-state index contributed by atoms with van der Waals surface area (Å²) in [4.78, 5) is 14.8. The number of methoxy groups -OCH3 is 1. The molecule has 1 saturated heterocycles. The average Bonchev–Trinajstić information content (AvgIpc) is 3.16. The number of benzene rings is 1. The summed E-state index contributed by atoms with van der Waals surface area (Å²) < 4.78 is 6.85. The van der Waals surface area contributed by atoms with Gasteiger partial charge < -0.3 is 15.0 Å². The van der Waals surface area contributed by atoms with Gasteiger partial charge >= 0.3 is 0 Å². The van der Waals surface area contributed by atoms with E-state index in [1.807, 2.05) is 36.4 Å². The highest BCUT2D eigenvalue weighted by Gasteiger charge is 2.27. The van der Waals surface area contributed by atoms with Crippen LogP contribution in [0.15, 0.2) is 42.7 Å². The first-order chi connectivity index (χ1) is 12.7. The number of piperidine rings is 1. The van der Waals surface area contributed by atoms with E-state index in [2.05, 4.69) is 25.5 Å². The molecule has 1 N–H and O–H groups in total. The minimum atomic E-state index is -0.0895. The lowest BCUT2D eigenvalue weighted by atomic mass is 9.97. The molecular formula is C18H20N6O2. The van der Waals surface area contributed by atoms with Crippen LogP contribution in [0.4, 0.5) is 11.5 Å². The maximum Gasteiger partial charge on any atom is 0.229 e. The lowest BCUT2D eigenvalue weighted by Crippen LogP contribution is -2.41. The number of anilines is 2. The number of carbonyl (C=O) groups is 1. The Hall–Kier alpha value is -3.16. The van der Waals surface area contributed by atoms with Crippen molar-refractivity contribution in [3.8, 4) is 5.75 Å². The lowest BCUT2D eigenvalue weighted by Gasteiger charge is -2.32. The van der Waals surface area contributed by atoms with E-state index in [-0.39, 0.29) is 11.8 Å². The van der Waals surface area contributed by atoms with Gasteiger partial charge in [-0.25, -0.2) is 0 Å². The van der Waals surface area contributed by atoms with E-state index in [4.69, 9.17) is 4.74 Å². The Labute approximate surface area is 150 Å². The Kier molecular flexibility index (Phi) is 4.39. The fourth-order valence-corrected chi connectivity index (χ4v) is 3.23. The van der Waals surface area contributed by atoms with Crippen molar-refractivity contribution in [3.63, 3.8) is 0 Å². The van der Waals surface area contributed by atoms with Crippen LogP contribution in [0.25, 0.3) is 5.65 Å². The van der Waals surface area contributed by atoms with Gasteiger partial charge in [0.15, 0.2) is 5.65 Å². The first kappa shape index (κ1) is 16.3. The molecule has 3 heterocycles. The van der Waals surface area contributed by atoms with Crippen LogP contribution >= 0.6 is 0 Å². The van der Waals surface area contributed by atoms with Crippen molar-refractivity contribution in [2.24, 2.45) is 5.92 Å². The van der Waals surface area contributed by atoms with Crippen LogP contribution in [-0.4, -0.2) is 45.9 Å². The molecule has 4 rings (SSSR count). The zero-order chi connectivity index (χ0) is 17.9. The Morgan fingerprint density at radius 2 is 2.23 bits per heavy atom. The number of nitrogens with one attached hydrogen (secondary N) is 1. The van der Waals surface area contributed by atoms with Gasteiger partial charge in [0.1, 0.15) is 17.9 Å². The van der Waals surface area contributed by atoms with E-state index >= 15 is 0 Å². The van der Waals surface area contributed by atoms with Gasteiger partial charge in [0.2, 0.25) is 5.91 Å². The summed E-state index contributed by atoms with van der Waals surface area (Å²) in [5.74, 6) is 1.48. The summed E-state index contributed by atoms with van der Waals surface area (Å²) >= 11 is 0. The highest BCUT2D eigenvalue weighted by atomic mass is 16.5. The first-order valence-corrected chi connectivity index (χ1v) is 8.60. The summed E-state index contributed by atoms with van der Waals surface area (Å²) in [5, 5.41) is 15.3. The summed E-state index contributed by atoms with van der Waals surface area (Å²) in [5.41, 5.74) is 1.45. The molecule has 8 nitrogen and oxygen atoms in total. The first-order valence-electron chi connectivity index (χ1n) is 8.60. The molecule has 0 bridgehead atoms. The summed E-state index contributed by atoms with van der Waals surface area (Å²) in [6, 6.07) is 11.2. The molecule has 1 atom stereocenters. The molecular weight excluding hydrogens is 332 g/mol. The third kappa shape index (κ3) is 3.30. The standard InChI is InChI=1S/C18H20N6O2/c1-26-15-6-2-5-14(10-15)20-18(25)13-4-3-9-23(11-13)17-8-7-16-21-19-12-24(16)22-17/h2,5-8,10,12-13H,3-4,9,11H2,1H3,(H,20,25). The molecule has 1 fully saturated rings. The number of rotatable bonds is 4. The molecule has 0 aliphatic carbocycles. The Bertz CT molecular complexity index is 925. The van der Waals surface area contributed by atoms with Gasteiger partial charge in [0.05, 0.1) is 13.0 Å². The molecule has 0 radical (unpaired) electrons. The second kappa shape index (κ2) is 6.99. The number of carbonyl (C=O) groups excluding carboxylic acids is 1. The van der Waals surface area contributed by atoms with Crippen molar-refractivity contribution in [1.82, 2.24) is 19.8 Å². The second-order valence-electron chi connectivity index (χ2n) is 6.33. The highest BCUT2D eigenvalue weighted by molar-refractivity contribution is 5.93. The molecule has 0 spiro atoms. The van der Waals surface area contributed by atoms with Gasteiger partial charge in [-0.2, -0.15) is 4.52 Å². The molecule has 26 heavy (non-hydrogen) atoms. The predicted molar refractivity (Wildman–Crippen MR) is 97.3 cm³/mol. The monoisotopic (exact) mass is 352 g/mol. The fraction of sp³-hybridized carbons (Fsp3) is 0.333. The van der Waals surface area contributed by atoms with Crippen LogP contribution in [0.2, 0.25) is 0 Å². The van der Waals surface area contributed by atoms with Crippen LogP contribution < -0.4 is 15.0 Å². The van der Waals surface area contributed by atoms with Crippen LogP contribution in [0.5, 0.6) is 5.75 Å². The number of fused-ring (bicyclic) bond motifs is 1. The predicted octanol–water partition coefficient (Wildman–Crippen LogP) is 1.99. The number of ether oxygens (including phenoxy) is 1. The normalized spacial score (nSPS) is 17.3. The van der Waals surface area contributed by atoms with Gasteiger partial charge in [0.25, 0.3) is 0 Å². The number of nitrogens with zero attached hydrogens (tertiary/aromatic N) is 5. The Morgan fingerprint density at radius 1 is 1.31 bits per heavy atom. The maximum atomic E-state index is 12.7. The molecule has 0 saturated carbocycles. The van der Waals surface area contributed by atoms with Gasteiger partial charge in [0, 0.05) is 24.8 Å². The molecule has 3 aromatic rings. The fourth-order valence-electron chi connectivity index (χ4n) is 3.23. The molecule has 1 aromatic carbocycles. The third-order valence-electron chi connectivity index (χ3n) is 4.60. The van der Waals surface area contributed by atoms with Crippen molar-refractivity contribution in [3.05, 3.63) is 42.7 Å². The second-order valence-corrected chi connectivity index (χ2v) is 6.33. The Balaban J connectivity index is 1.46. The molecule has 1 amide bonds. The molecule has 1 aliphatic heterocycles. The third-order valence-corrected chi connectivity index (χ3v) is 4.60. The largest absolute Gasteiger partial charge is 0.497 e. The van der Waals surface area contributed by atoms with Gasteiger partial charge in [-0.1, -0.05) is 6.07 Å². The summed E-state index contributed by atoms with van der Waals surface area (Å²) in [6.45, 7) is 1.51. The average molecular weight is 352 g/mol. The molecule has 134 valence electrons. The topological polar surface area (TPSA) is 84.6 Å². The number of amides is 1. The minimum Gasteiger partial charge on any atom is -0.497 e. The van der Waals surface area contributed by atoms with Crippen LogP contribution in [0.3, 0.4) is 0 Å². The van der Waals surface area contributed by atoms with Crippen LogP contribution in [0.1, 0.15) is 12.8 Å². The summed E-state index contributed by atoms with van der Waals surface area (Å²) in [6.07, 6.45) is 3.38. The van der Waals surface area contributed by atoms with E-state index in [1.165, 1.54) is 0 Å². The van der Waals surface area contributed by atoms with Crippen LogP contribution in [0, 0.1) is 5.92 Å². The smallest absolute Gasteiger partial charge is 0.229 e. The van der Waals surface area contributed by atoms with E-state index in [0.29, 0.717) is 12.2 Å².